The van der Waals surface area contributed by atoms with Gasteiger partial charge in [0.15, 0.2) is 0 Å². The van der Waals surface area contributed by atoms with E-state index < -0.39 is 5.82 Å². The normalized spacial score (nSPS) is 17.1. The second kappa shape index (κ2) is 5.84. The average molecular weight is 305 g/mol. The maximum absolute atomic E-state index is 13.6. The molecule has 1 aliphatic rings. The highest BCUT2D eigenvalue weighted by molar-refractivity contribution is 6.30. The van der Waals surface area contributed by atoms with Crippen molar-refractivity contribution in [2.24, 2.45) is 0 Å². The van der Waals surface area contributed by atoms with Gasteiger partial charge in [0, 0.05) is 11.6 Å². The molecule has 0 fully saturated rings. The zero-order chi connectivity index (χ0) is 14.8. The number of amides is 1. The molecule has 0 saturated carbocycles. The molecule has 108 valence electrons. The largest absolute Gasteiger partial charge is 0.322 e. The first-order valence-electron chi connectivity index (χ1n) is 6.69. The minimum Gasteiger partial charge on any atom is -0.322 e. The second-order valence-electron chi connectivity index (χ2n) is 5.02. The minimum atomic E-state index is -0.496. The molecule has 1 heterocycles. The van der Waals surface area contributed by atoms with Gasteiger partial charge in [-0.1, -0.05) is 35.9 Å². The van der Waals surface area contributed by atoms with Crippen LogP contribution in [0.2, 0.25) is 5.02 Å². The number of carbonyl (C=O) groups excluding carboxylic acids is 1. The number of hydrogen-bond donors (Lipinski definition) is 2. The van der Waals surface area contributed by atoms with Crippen molar-refractivity contribution < 1.29 is 9.18 Å². The van der Waals surface area contributed by atoms with Gasteiger partial charge in [0.1, 0.15) is 5.82 Å². The summed E-state index contributed by atoms with van der Waals surface area (Å²) in [6, 6.07) is 11.7. The van der Waals surface area contributed by atoms with E-state index in [1.165, 1.54) is 23.8 Å². The summed E-state index contributed by atoms with van der Waals surface area (Å²) in [5.41, 5.74) is 2.44. The fourth-order valence-corrected chi connectivity index (χ4v) is 2.62. The lowest BCUT2D eigenvalue weighted by Crippen LogP contribution is -2.44. The number of carbonyl (C=O) groups is 1. The molecule has 0 bridgehead atoms. The lowest BCUT2D eigenvalue weighted by Gasteiger charge is -2.25. The number of benzene rings is 2. The zero-order valence-electron chi connectivity index (χ0n) is 11.2. The van der Waals surface area contributed by atoms with Gasteiger partial charge in [0.25, 0.3) is 0 Å². The van der Waals surface area contributed by atoms with E-state index in [0.717, 1.165) is 5.56 Å². The molecule has 2 N–H and O–H groups in total. The molecule has 1 atom stereocenters. The third kappa shape index (κ3) is 3.06. The van der Waals surface area contributed by atoms with E-state index in [0.29, 0.717) is 18.0 Å². The Hall–Kier alpha value is -1.91. The van der Waals surface area contributed by atoms with Crippen LogP contribution < -0.4 is 10.6 Å². The summed E-state index contributed by atoms with van der Waals surface area (Å²) in [7, 11) is 0. The maximum atomic E-state index is 13.6. The first-order valence-corrected chi connectivity index (χ1v) is 7.07. The summed E-state index contributed by atoms with van der Waals surface area (Å²) in [5.74, 6) is -0.755. The standard InChI is InChI=1S/C16H14ClFN2O/c17-12-5-6-13(18)14(8-12)20-16(21)15-7-10-3-1-2-4-11(10)9-19-15/h1-6,8,15,19H,7,9H2,(H,20,21)/t15-/m1/s1. The van der Waals surface area contributed by atoms with E-state index >= 15 is 0 Å². The molecule has 0 saturated heterocycles. The highest BCUT2D eigenvalue weighted by atomic mass is 35.5. The lowest BCUT2D eigenvalue weighted by molar-refractivity contribution is -0.118. The van der Waals surface area contributed by atoms with E-state index in [-0.39, 0.29) is 17.6 Å². The van der Waals surface area contributed by atoms with Crippen LogP contribution in [-0.4, -0.2) is 11.9 Å². The van der Waals surface area contributed by atoms with Gasteiger partial charge in [-0.25, -0.2) is 4.39 Å². The van der Waals surface area contributed by atoms with Crippen LogP contribution >= 0.6 is 11.6 Å². The summed E-state index contributed by atoms with van der Waals surface area (Å²) < 4.78 is 13.6. The molecule has 0 spiro atoms. The Kier molecular flexibility index (Phi) is 3.90. The lowest BCUT2D eigenvalue weighted by atomic mass is 9.95. The minimum absolute atomic E-state index is 0.105. The molecule has 3 nitrogen and oxygen atoms in total. The van der Waals surface area contributed by atoms with Gasteiger partial charge < -0.3 is 10.6 Å². The summed E-state index contributed by atoms with van der Waals surface area (Å²) in [6.45, 7) is 0.631. The Labute approximate surface area is 127 Å². The number of anilines is 1. The van der Waals surface area contributed by atoms with Crippen molar-refractivity contribution in [2.45, 2.75) is 19.0 Å². The molecule has 0 aliphatic carbocycles. The van der Waals surface area contributed by atoms with Crippen molar-refractivity contribution >= 4 is 23.2 Å². The Morgan fingerprint density at radius 1 is 1.24 bits per heavy atom. The second-order valence-corrected chi connectivity index (χ2v) is 5.46. The fraction of sp³-hybridized carbons (Fsp3) is 0.188. The smallest absolute Gasteiger partial charge is 0.241 e. The number of hydrogen-bond acceptors (Lipinski definition) is 2. The van der Waals surface area contributed by atoms with Crippen LogP contribution in [0.25, 0.3) is 0 Å². The van der Waals surface area contributed by atoms with Crippen LogP contribution in [0.5, 0.6) is 0 Å². The molecule has 0 unspecified atom stereocenters. The van der Waals surface area contributed by atoms with Gasteiger partial charge in [-0.15, -0.1) is 0 Å². The molecule has 3 rings (SSSR count). The third-order valence-electron chi connectivity index (χ3n) is 3.58. The predicted molar refractivity (Wildman–Crippen MR) is 80.8 cm³/mol. The zero-order valence-corrected chi connectivity index (χ0v) is 12.0. The molecule has 0 radical (unpaired) electrons. The molecule has 2 aromatic rings. The van der Waals surface area contributed by atoms with Gasteiger partial charge in [0.05, 0.1) is 11.7 Å². The quantitative estimate of drug-likeness (QED) is 0.895. The Morgan fingerprint density at radius 2 is 2.00 bits per heavy atom. The van der Waals surface area contributed by atoms with Gasteiger partial charge in [0.2, 0.25) is 5.91 Å². The predicted octanol–water partition coefficient (Wildman–Crippen LogP) is 3.13. The summed E-state index contributed by atoms with van der Waals surface area (Å²) in [6.07, 6.45) is 0.587. The highest BCUT2D eigenvalue weighted by Gasteiger charge is 2.24. The van der Waals surface area contributed by atoms with E-state index in [4.69, 9.17) is 11.6 Å². The van der Waals surface area contributed by atoms with E-state index in [2.05, 4.69) is 10.6 Å². The Morgan fingerprint density at radius 3 is 2.81 bits per heavy atom. The number of rotatable bonds is 2. The van der Waals surface area contributed by atoms with Crippen LogP contribution in [0.15, 0.2) is 42.5 Å². The first-order chi connectivity index (χ1) is 10.1. The average Bonchev–Trinajstić information content (AvgIpc) is 2.50. The molecular weight excluding hydrogens is 291 g/mol. The molecular formula is C16H14ClFN2O. The van der Waals surface area contributed by atoms with E-state index in [9.17, 15) is 9.18 Å². The van der Waals surface area contributed by atoms with Crippen LogP contribution in [-0.2, 0) is 17.8 Å². The van der Waals surface area contributed by atoms with Gasteiger partial charge in [-0.2, -0.15) is 0 Å². The summed E-state index contributed by atoms with van der Waals surface area (Å²) in [4.78, 5) is 12.3. The molecule has 0 aromatic heterocycles. The summed E-state index contributed by atoms with van der Waals surface area (Å²) in [5, 5.41) is 6.14. The molecule has 1 amide bonds. The van der Waals surface area contributed by atoms with Crippen LogP contribution in [0.4, 0.5) is 10.1 Å². The first kappa shape index (κ1) is 14.0. The number of fused-ring (bicyclic) bond motifs is 1. The van der Waals surface area contributed by atoms with Crippen molar-refractivity contribution in [3.63, 3.8) is 0 Å². The molecule has 2 aromatic carbocycles. The number of halogens is 2. The van der Waals surface area contributed by atoms with Crippen molar-refractivity contribution in [3.8, 4) is 0 Å². The van der Waals surface area contributed by atoms with E-state index in [1.54, 1.807) is 0 Å². The SMILES string of the molecule is O=C(Nc1cc(Cl)ccc1F)[C@H]1Cc2ccccc2CN1. The fourth-order valence-electron chi connectivity index (χ4n) is 2.45. The van der Waals surface area contributed by atoms with Gasteiger partial charge in [-0.3, -0.25) is 4.79 Å². The van der Waals surface area contributed by atoms with Crippen LogP contribution in [0, 0.1) is 5.82 Å². The monoisotopic (exact) mass is 304 g/mol. The van der Waals surface area contributed by atoms with Crippen molar-refractivity contribution in [2.75, 3.05) is 5.32 Å². The van der Waals surface area contributed by atoms with Gasteiger partial charge >= 0.3 is 0 Å². The van der Waals surface area contributed by atoms with Gasteiger partial charge in [-0.05, 0) is 35.7 Å². The topological polar surface area (TPSA) is 41.1 Å². The maximum Gasteiger partial charge on any atom is 0.241 e. The van der Waals surface area contributed by atoms with Crippen molar-refractivity contribution in [1.82, 2.24) is 5.32 Å². The van der Waals surface area contributed by atoms with Crippen molar-refractivity contribution in [3.05, 3.63) is 64.4 Å². The number of nitrogens with one attached hydrogen (secondary N) is 2. The highest BCUT2D eigenvalue weighted by Crippen LogP contribution is 2.21. The Bertz CT molecular complexity index is 690. The van der Waals surface area contributed by atoms with Crippen LogP contribution in [0.1, 0.15) is 11.1 Å². The van der Waals surface area contributed by atoms with E-state index in [1.807, 2.05) is 24.3 Å². The summed E-state index contributed by atoms with van der Waals surface area (Å²) >= 11 is 5.82. The van der Waals surface area contributed by atoms with Crippen LogP contribution in [0.3, 0.4) is 0 Å². The molecule has 1 aliphatic heterocycles. The van der Waals surface area contributed by atoms with Crippen molar-refractivity contribution in [1.29, 1.82) is 0 Å². The Balaban J connectivity index is 1.74. The molecule has 5 heteroatoms. The molecule has 21 heavy (non-hydrogen) atoms. The third-order valence-corrected chi connectivity index (χ3v) is 3.82.